The lowest BCUT2D eigenvalue weighted by Gasteiger charge is -2.28. The van der Waals surface area contributed by atoms with E-state index in [2.05, 4.69) is 205 Å². The number of thiophene rings is 2. The molecule has 0 spiro atoms. The van der Waals surface area contributed by atoms with Gasteiger partial charge in [0, 0.05) is 57.3 Å². The van der Waals surface area contributed by atoms with E-state index >= 15 is 0 Å². The summed E-state index contributed by atoms with van der Waals surface area (Å²) in [5.74, 6) is 0. The summed E-state index contributed by atoms with van der Waals surface area (Å²) in [6.07, 6.45) is 0. The van der Waals surface area contributed by atoms with E-state index in [1.54, 1.807) is 0 Å². The van der Waals surface area contributed by atoms with Gasteiger partial charge in [0.2, 0.25) is 0 Å². The Hall–Kier alpha value is -6.52. The first kappa shape index (κ1) is 32.0. The third-order valence-electron chi connectivity index (χ3n) is 10.9. The molecule has 0 saturated heterocycles. The van der Waals surface area contributed by atoms with E-state index in [0.29, 0.717) is 0 Å². The van der Waals surface area contributed by atoms with Gasteiger partial charge in [0.05, 0.1) is 5.69 Å². The summed E-state index contributed by atoms with van der Waals surface area (Å²) in [7, 11) is 0. The molecule has 0 atom stereocenters. The van der Waals surface area contributed by atoms with E-state index in [-0.39, 0.29) is 0 Å². The summed E-state index contributed by atoms with van der Waals surface area (Å²) in [5, 5.41) is 7.76. The van der Waals surface area contributed by atoms with Crippen LogP contribution in [0.4, 0.5) is 17.1 Å². The number of hydrogen-bond donors (Lipinski definition) is 0. The topological polar surface area (TPSA) is 3.24 Å². The first-order valence-corrected chi connectivity index (χ1v) is 20.3. The van der Waals surface area contributed by atoms with E-state index in [1.165, 1.54) is 84.5 Å². The maximum atomic E-state index is 2.43. The molecule has 2 heterocycles. The summed E-state index contributed by atoms with van der Waals surface area (Å²) in [5.41, 5.74) is 10.6. The second-order valence-electron chi connectivity index (χ2n) is 14.1. The van der Waals surface area contributed by atoms with Gasteiger partial charge in [-0.15, -0.1) is 22.7 Å². The molecule has 0 N–H and O–H groups in total. The van der Waals surface area contributed by atoms with E-state index in [9.17, 15) is 0 Å². The highest BCUT2D eigenvalue weighted by Crippen LogP contribution is 2.45. The van der Waals surface area contributed by atoms with Crippen molar-refractivity contribution >= 4 is 90.9 Å². The van der Waals surface area contributed by atoms with Crippen LogP contribution in [-0.2, 0) is 0 Å². The number of benzene rings is 9. The van der Waals surface area contributed by atoms with Crippen LogP contribution < -0.4 is 4.90 Å². The van der Waals surface area contributed by atoms with Gasteiger partial charge in [0.1, 0.15) is 0 Å². The molecular formula is C52H33NS2. The maximum Gasteiger partial charge on any atom is 0.0540 e. The molecule has 3 heteroatoms. The highest BCUT2D eigenvalue weighted by atomic mass is 32.1. The average Bonchev–Trinajstić information content (AvgIpc) is 3.82. The number of hydrogen-bond acceptors (Lipinski definition) is 3. The molecule has 0 amide bonds. The Bertz CT molecular complexity index is 3220. The highest BCUT2D eigenvalue weighted by Gasteiger charge is 2.19. The Morgan fingerprint density at radius 3 is 1.80 bits per heavy atom. The minimum Gasteiger partial charge on any atom is -0.310 e. The van der Waals surface area contributed by atoms with Crippen LogP contribution in [0, 0.1) is 0 Å². The summed E-state index contributed by atoms with van der Waals surface area (Å²) >= 11 is 3.75. The fourth-order valence-corrected chi connectivity index (χ4v) is 10.6. The molecule has 0 aliphatic heterocycles. The Morgan fingerprint density at radius 1 is 0.309 bits per heavy atom. The molecule has 0 bridgehead atoms. The van der Waals surface area contributed by atoms with Crippen LogP contribution in [0.25, 0.3) is 84.5 Å². The van der Waals surface area contributed by atoms with Crippen LogP contribution in [0.3, 0.4) is 0 Å². The highest BCUT2D eigenvalue weighted by molar-refractivity contribution is 7.26. The minimum atomic E-state index is 1.11. The second kappa shape index (κ2) is 13.1. The van der Waals surface area contributed by atoms with Gasteiger partial charge in [-0.2, -0.15) is 0 Å². The van der Waals surface area contributed by atoms with Crippen molar-refractivity contribution in [2.45, 2.75) is 0 Å². The van der Waals surface area contributed by atoms with Crippen molar-refractivity contribution in [3.63, 3.8) is 0 Å². The smallest absolute Gasteiger partial charge is 0.0540 e. The third kappa shape index (κ3) is 5.51. The van der Waals surface area contributed by atoms with Gasteiger partial charge in [-0.25, -0.2) is 0 Å². The Balaban J connectivity index is 1.06. The normalized spacial score (nSPS) is 11.6. The largest absolute Gasteiger partial charge is 0.310 e. The first-order valence-electron chi connectivity index (χ1n) is 18.7. The zero-order chi connectivity index (χ0) is 36.3. The summed E-state index contributed by atoms with van der Waals surface area (Å²) in [4.78, 5) is 2.43. The van der Waals surface area contributed by atoms with E-state index < -0.39 is 0 Å². The molecule has 9 aromatic carbocycles. The molecule has 11 aromatic rings. The zero-order valence-corrected chi connectivity index (χ0v) is 31.4. The summed E-state index contributed by atoms with van der Waals surface area (Å²) < 4.78 is 5.29. The summed E-state index contributed by atoms with van der Waals surface area (Å²) in [6.45, 7) is 0. The third-order valence-corrected chi connectivity index (χ3v) is 13.2. The second-order valence-corrected chi connectivity index (χ2v) is 16.2. The lowest BCUT2D eigenvalue weighted by Crippen LogP contribution is -2.11. The number of fused-ring (bicyclic) bond motifs is 7. The van der Waals surface area contributed by atoms with Crippen LogP contribution >= 0.6 is 22.7 Å². The molecule has 0 aliphatic rings. The first-order chi connectivity index (χ1) is 27.2. The molecule has 11 rings (SSSR count). The molecule has 0 aliphatic carbocycles. The van der Waals surface area contributed by atoms with Gasteiger partial charge in [0.15, 0.2) is 0 Å². The van der Waals surface area contributed by atoms with Crippen LogP contribution in [-0.4, -0.2) is 0 Å². The Labute approximate surface area is 327 Å². The van der Waals surface area contributed by atoms with Crippen molar-refractivity contribution in [2.24, 2.45) is 0 Å². The molecule has 0 saturated carbocycles. The lowest BCUT2D eigenvalue weighted by atomic mass is 9.97. The number of para-hydroxylation sites is 1. The molecule has 258 valence electrons. The predicted molar refractivity (Wildman–Crippen MR) is 241 cm³/mol. The molecule has 55 heavy (non-hydrogen) atoms. The standard InChI is InChI=1S/C52H33NS2/c1-2-12-36-31-39(24-23-34(36)11-1)42-15-3-6-20-48(42)53(40-28-25-35(26-29-40)43-18-10-19-47-45-17-5-8-22-50(45)55-52(43)47)41-14-9-13-37(32-41)38-27-30-46-44-16-4-7-21-49(44)54-51(46)33-38/h1-33H. The molecule has 1 nitrogen and oxygen atoms in total. The quantitative estimate of drug-likeness (QED) is 0.164. The fraction of sp³-hybridized carbons (Fsp3) is 0. The molecular weight excluding hydrogens is 703 g/mol. The predicted octanol–water partition coefficient (Wildman–Crippen LogP) is 16.0. The minimum absolute atomic E-state index is 1.11. The molecule has 2 aromatic heterocycles. The van der Waals surface area contributed by atoms with Crippen molar-refractivity contribution in [2.75, 3.05) is 4.90 Å². The van der Waals surface area contributed by atoms with E-state index in [4.69, 9.17) is 0 Å². The van der Waals surface area contributed by atoms with Crippen molar-refractivity contribution in [3.05, 3.63) is 200 Å². The lowest BCUT2D eigenvalue weighted by molar-refractivity contribution is 1.28. The van der Waals surface area contributed by atoms with Crippen LogP contribution in [0.5, 0.6) is 0 Å². The van der Waals surface area contributed by atoms with Crippen LogP contribution in [0.2, 0.25) is 0 Å². The van der Waals surface area contributed by atoms with Gasteiger partial charge in [-0.1, -0.05) is 146 Å². The molecule has 0 radical (unpaired) electrons. The van der Waals surface area contributed by atoms with Crippen LogP contribution in [0.1, 0.15) is 0 Å². The molecule has 0 fully saturated rings. The number of anilines is 3. The van der Waals surface area contributed by atoms with Crippen molar-refractivity contribution < 1.29 is 0 Å². The van der Waals surface area contributed by atoms with Gasteiger partial charge in [0.25, 0.3) is 0 Å². The van der Waals surface area contributed by atoms with Gasteiger partial charge < -0.3 is 4.90 Å². The van der Waals surface area contributed by atoms with Crippen molar-refractivity contribution in [1.29, 1.82) is 0 Å². The number of rotatable bonds is 6. The van der Waals surface area contributed by atoms with Gasteiger partial charge >= 0.3 is 0 Å². The van der Waals surface area contributed by atoms with E-state index in [0.717, 1.165) is 17.1 Å². The van der Waals surface area contributed by atoms with Gasteiger partial charge in [-0.05, 0) is 93.2 Å². The zero-order valence-electron chi connectivity index (χ0n) is 29.8. The molecule has 0 unspecified atom stereocenters. The Kier molecular flexibility index (Phi) is 7.61. The average molecular weight is 736 g/mol. The Morgan fingerprint density at radius 2 is 0.927 bits per heavy atom. The van der Waals surface area contributed by atoms with Gasteiger partial charge in [-0.3, -0.25) is 0 Å². The maximum absolute atomic E-state index is 2.43. The van der Waals surface area contributed by atoms with E-state index in [1.807, 2.05) is 22.7 Å². The van der Waals surface area contributed by atoms with Crippen LogP contribution in [0.15, 0.2) is 200 Å². The monoisotopic (exact) mass is 735 g/mol. The van der Waals surface area contributed by atoms with Crippen molar-refractivity contribution in [1.82, 2.24) is 0 Å². The fourth-order valence-electron chi connectivity index (χ4n) is 8.19. The SMILES string of the molecule is c1cc(-c2ccc3c(c2)sc2ccccc23)cc(N(c2ccc(-c3cccc4c3sc3ccccc34)cc2)c2ccccc2-c2ccc3ccccc3c2)c1. The number of nitrogens with zero attached hydrogens (tertiary/aromatic N) is 1. The van der Waals surface area contributed by atoms with Crippen molar-refractivity contribution in [3.8, 4) is 33.4 Å². The summed E-state index contributed by atoms with van der Waals surface area (Å²) in [6, 6.07) is 73.5.